The highest BCUT2D eigenvalue weighted by Crippen LogP contribution is 2.04. The van der Waals surface area contributed by atoms with Gasteiger partial charge in [0, 0.05) is 11.4 Å². The van der Waals surface area contributed by atoms with Crippen LogP contribution in [0.15, 0.2) is 24.3 Å². The predicted octanol–water partition coefficient (Wildman–Crippen LogP) is 0.00660. The molecule has 1 aromatic rings. The molecule has 0 amide bonds. The number of hydrogen-bond donors (Lipinski definition) is 4. The number of nitrogens with two attached hydrogens (primary N) is 2. The van der Waals surface area contributed by atoms with Gasteiger partial charge in [-0.05, 0) is 24.3 Å². The highest BCUT2D eigenvalue weighted by atomic mass is 16.4. The third kappa shape index (κ3) is 5.42. The second-order valence-corrected chi connectivity index (χ2v) is 2.28. The Balaban J connectivity index is 0.000000255. The zero-order chi connectivity index (χ0) is 11.1. The lowest BCUT2D eigenvalue weighted by Crippen LogP contribution is -2.09. The fourth-order valence-corrected chi connectivity index (χ4v) is 0.496. The van der Waals surface area contributed by atoms with Crippen LogP contribution in [-0.4, -0.2) is 22.2 Å². The topological polar surface area (TPSA) is 127 Å². The Labute approximate surface area is 79.8 Å². The van der Waals surface area contributed by atoms with Gasteiger partial charge in [-0.1, -0.05) is 0 Å². The lowest BCUT2D eigenvalue weighted by molar-refractivity contribution is -0.159. The molecule has 0 aliphatic heterocycles. The van der Waals surface area contributed by atoms with E-state index in [1.165, 1.54) is 0 Å². The molecule has 1 aromatic carbocycles. The number of rotatable bonds is 0. The van der Waals surface area contributed by atoms with Crippen molar-refractivity contribution in [2.75, 3.05) is 11.5 Å². The zero-order valence-corrected chi connectivity index (χ0v) is 7.18. The first-order valence-corrected chi connectivity index (χ1v) is 3.50. The monoisotopic (exact) mass is 198 g/mol. The first kappa shape index (κ1) is 11.8. The Morgan fingerprint density at radius 1 is 0.857 bits per heavy atom. The van der Waals surface area contributed by atoms with Crippen molar-refractivity contribution in [1.82, 2.24) is 0 Å². The molecule has 14 heavy (non-hydrogen) atoms. The van der Waals surface area contributed by atoms with Gasteiger partial charge < -0.3 is 21.7 Å². The summed E-state index contributed by atoms with van der Waals surface area (Å²) in [5.74, 6) is -3.65. The van der Waals surface area contributed by atoms with Crippen LogP contribution in [0.5, 0.6) is 0 Å². The standard InChI is InChI=1S/C6H8N2.C2H2O4/c7-5-1-2-6(8)4-3-5;3-1(4)2(5)6/h1-4H,7-8H2;(H,3,4)(H,5,6). The molecule has 0 atom stereocenters. The lowest BCUT2D eigenvalue weighted by Gasteiger charge is -1.90. The smallest absolute Gasteiger partial charge is 0.414 e. The molecule has 0 aliphatic rings. The molecule has 0 unspecified atom stereocenters. The van der Waals surface area contributed by atoms with Crippen LogP contribution in [0.2, 0.25) is 0 Å². The number of hydrogen-bond acceptors (Lipinski definition) is 4. The average Bonchev–Trinajstić information content (AvgIpc) is 2.11. The molecule has 0 fully saturated rings. The molecule has 76 valence electrons. The summed E-state index contributed by atoms with van der Waals surface area (Å²) in [5, 5.41) is 14.8. The van der Waals surface area contributed by atoms with Crippen LogP contribution < -0.4 is 11.5 Å². The molecule has 0 heterocycles. The van der Waals surface area contributed by atoms with Crippen molar-refractivity contribution in [1.29, 1.82) is 0 Å². The Kier molecular flexibility index (Phi) is 4.55. The van der Waals surface area contributed by atoms with Crippen molar-refractivity contribution in [3.05, 3.63) is 24.3 Å². The number of carboxylic acids is 2. The molecular weight excluding hydrogens is 188 g/mol. The highest BCUT2D eigenvalue weighted by Gasteiger charge is 2.04. The van der Waals surface area contributed by atoms with Crippen molar-refractivity contribution in [2.24, 2.45) is 0 Å². The maximum atomic E-state index is 9.10. The van der Waals surface area contributed by atoms with Gasteiger partial charge in [0.1, 0.15) is 0 Å². The Morgan fingerprint density at radius 2 is 1.07 bits per heavy atom. The zero-order valence-electron chi connectivity index (χ0n) is 7.18. The number of aliphatic carboxylic acids is 2. The van der Waals surface area contributed by atoms with E-state index >= 15 is 0 Å². The molecule has 1 rings (SSSR count). The molecule has 0 bridgehead atoms. The van der Waals surface area contributed by atoms with Crippen molar-refractivity contribution >= 4 is 23.3 Å². The quantitative estimate of drug-likeness (QED) is 0.343. The van der Waals surface area contributed by atoms with E-state index in [0.29, 0.717) is 0 Å². The minimum atomic E-state index is -1.82. The highest BCUT2D eigenvalue weighted by molar-refractivity contribution is 6.27. The SMILES string of the molecule is Nc1ccc(N)cc1.O=C(O)C(=O)O. The number of carboxylic acid groups (broad SMARTS) is 2. The van der Waals surface area contributed by atoms with Gasteiger partial charge in [-0.2, -0.15) is 0 Å². The van der Waals surface area contributed by atoms with E-state index in [-0.39, 0.29) is 0 Å². The minimum absolute atomic E-state index is 0.749. The van der Waals surface area contributed by atoms with Gasteiger partial charge in [0.25, 0.3) is 0 Å². The summed E-state index contributed by atoms with van der Waals surface area (Å²) in [4.78, 5) is 18.2. The molecule has 0 saturated heterocycles. The maximum absolute atomic E-state index is 9.10. The maximum Gasteiger partial charge on any atom is 0.414 e. The van der Waals surface area contributed by atoms with Gasteiger partial charge in [-0.3, -0.25) is 0 Å². The van der Waals surface area contributed by atoms with Crippen LogP contribution in [-0.2, 0) is 9.59 Å². The fourth-order valence-electron chi connectivity index (χ4n) is 0.496. The van der Waals surface area contributed by atoms with Gasteiger partial charge in [0.05, 0.1) is 0 Å². The second-order valence-electron chi connectivity index (χ2n) is 2.28. The van der Waals surface area contributed by atoms with Crippen LogP contribution in [0.3, 0.4) is 0 Å². The van der Waals surface area contributed by atoms with Gasteiger partial charge in [0.15, 0.2) is 0 Å². The van der Waals surface area contributed by atoms with Crippen LogP contribution in [0, 0.1) is 0 Å². The first-order valence-electron chi connectivity index (χ1n) is 3.50. The average molecular weight is 198 g/mol. The number of carbonyl (C=O) groups is 2. The van der Waals surface area contributed by atoms with Crippen molar-refractivity contribution < 1.29 is 19.8 Å². The van der Waals surface area contributed by atoms with Crippen LogP contribution in [0.1, 0.15) is 0 Å². The molecule has 0 aromatic heterocycles. The number of anilines is 2. The van der Waals surface area contributed by atoms with Crippen LogP contribution in [0.4, 0.5) is 11.4 Å². The Hall–Kier alpha value is -2.24. The molecule has 6 N–H and O–H groups in total. The summed E-state index contributed by atoms with van der Waals surface area (Å²) < 4.78 is 0. The van der Waals surface area contributed by atoms with Crippen molar-refractivity contribution in [2.45, 2.75) is 0 Å². The lowest BCUT2D eigenvalue weighted by atomic mass is 10.3. The number of nitrogen functional groups attached to an aromatic ring is 2. The van der Waals surface area contributed by atoms with Gasteiger partial charge in [0.2, 0.25) is 0 Å². The van der Waals surface area contributed by atoms with Gasteiger partial charge in [-0.15, -0.1) is 0 Å². The summed E-state index contributed by atoms with van der Waals surface area (Å²) in [5.41, 5.74) is 12.2. The molecule has 6 heteroatoms. The Bertz CT molecular complexity index is 288. The van der Waals surface area contributed by atoms with E-state index in [1.807, 2.05) is 0 Å². The van der Waals surface area contributed by atoms with Gasteiger partial charge >= 0.3 is 11.9 Å². The summed E-state index contributed by atoms with van der Waals surface area (Å²) in [6, 6.07) is 7.09. The van der Waals surface area contributed by atoms with E-state index in [4.69, 9.17) is 31.3 Å². The van der Waals surface area contributed by atoms with E-state index in [0.717, 1.165) is 11.4 Å². The molecule has 6 nitrogen and oxygen atoms in total. The predicted molar refractivity (Wildman–Crippen MR) is 50.5 cm³/mol. The third-order valence-corrected chi connectivity index (χ3v) is 1.12. The summed E-state index contributed by atoms with van der Waals surface area (Å²) in [7, 11) is 0. The van der Waals surface area contributed by atoms with E-state index < -0.39 is 11.9 Å². The summed E-state index contributed by atoms with van der Waals surface area (Å²) in [6.07, 6.45) is 0. The van der Waals surface area contributed by atoms with Gasteiger partial charge in [-0.25, -0.2) is 9.59 Å². The largest absolute Gasteiger partial charge is 0.473 e. The second kappa shape index (κ2) is 5.41. The first-order chi connectivity index (χ1) is 6.43. The molecule has 0 radical (unpaired) electrons. The summed E-state index contributed by atoms with van der Waals surface area (Å²) in [6.45, 7) is 0. The van der Waals surface area contributed by atoms with Crippen molar-refractivity contribution in [3.63, 3.8) is 0 Å². The van der Waals surface area contributed by atoms with E-state index in [9.17, 15) is 0 Å². The van der Waals surface area contributed by atoms with E-state index in [1.54, 1.807) is 24.3 Å². The molecular formula is C8H10N2O4. The molecule has 0 aliphatic carbocycles. The third-order valence-electron chi connectivity index (χ3n) is 1.12. The molecule has 0 spiro atoms. The minimum Gasteiger partial charge on any atom is -0.473 e. The number of benzene rings is 1. The summed E-state index contributed by atoms with van der Waals surface area (Å²) >= 11 is 0. The Morgan fingerprint density at radius 3 is 1.21 bits per heavy atom. The molecule has 0 saturated carbocycles. The van der Waals surface area contributed by atoms with E-state index in [2.05, 4.69) is 0 Å². The van der Waals surface area contributed by atoms with Crippen molar-refractivity contribution in [3.8, 4) is 0 Å². The fraction of sp³-hybridized carbons (Fsp3) is 0. The normalized spacial score (nSPS) is 8.29. The van der Waals surface area contributed by atoms with Crippen LogP contribution in [0.25, 0.3) is 0 Å². The van der Waals surface area contributed by atoms with Crippen LogP contribution >= 0.6 is 0 Å².